The lowest BCUT2D eigenvalue weighted by Gasteiger charge is -2.51. The highest BCUT2D eigenvalue weighted by Crippen LogP contribution is 2.40. The summed E-state index contributed by atoms with van der Waals surface area (Å²) in [4.78, 5) is 13.2. The molecule has 5 nitrogen and oxygen atoms in total. The molecule has 1 N–H and O–H groups in total. The molecule has 0 atom stereocenters. The van der Waals surface area contributed by atoms with Gasteiger partial charge in [-0.3, -0.25) is 9.89 Å². The lowest BCUT2D eigenvalue weighted by molar-refractivity contribution is 0.00343. The second-order valence-corrected chi connectivity index (χ2v) is 12.8. The molecular formula is C39H46ClN5. The molecule has 2 saturated heterocycles. The predicted molar refractivity (Wildman–Crippen MR) is 190 cm³/mol. The van der Waals surface area contributed by atoms with E-state index in [1.54, 1.807) is 0 Å². The van der Waals surface area contributed by atoms with Crippen LogP contribution in [-0.2, 0) is 0 Å². The van der Waals surface area contributed by atoms with Gasteiger partial charge in [0.2, 0.25) is 0 Å². The Bertz CT molecular complexity index is 1700. The van der Waals surface area contributed by atoms with E-state index in [-0.39, 0.29) is 12.4 Å². The number of rotatable bonds is 10. The van der Waals surface area contributed by atoms with Crippen molar-refractivity contribution < 1.29 is 0 Å². The van der Waals surface area contributed by atoms with Gasteiger partial charge in [-0.25, -0.2) is 4.98 Å². The summed E-state index contributed by atoms with van der Waals surface area (Å²) in [5, 5.41) is 4.64. The van der Waals surface area contributed by atoms with Crippen molar-refractivity contribution in [1.29, 1.82) is 0 Å². The minimum Gasteiger partial charge on any atom is -0.354 e. The van der Waals surface area contributed by atoms with Crippen molar-refractivity contribution >= 4 is 34.8 Å². The predicted octanol–water partition coefficient (Wildman–Crippen LogP) is 9.56. The number of nitrogens with zero attached hydrogens (tertiary/aromatic N) is 4. The first-order chi connectivity index (χ1) is 21.8. The van der Waals surface area contributed by atoms with Crippen molar-refractivity contribution in [3.05, 3.63) is 102 Å². The average Bonchev–Trinajstić information content (AvgIpc) is 3.08. The summed E-state index contributed by atoms with van der Waals surface area (Å²) in [6.07, 6.45) is 14.9. The van der Waals surface area contributed by atoms with Crippen LogP contribution < -0.4 is 10.7 Å². The number of nitrogens with one attached hydrogen (secondary N) is 1. The SMILES string of the molecule is Cl.c1ccc(Nc2cc3nc4ccccc4n(-c4ccccc4)c-3cc2=NCCCCCCC23CCCCN2CCCC3)cc1. The Labute approximate surface area is 274 Å². The zero-order chi connectivity index (χ0) is 29.6. The maximum Gasteiger partial charge on any atom is 0.0900 e. The molecule has 3 heterocycles. The molecule has 0 radical (unpaired) electrons. The van der Waals surface area contributed by atoms with Crippen molar-refractivity contribution in [2.24, 2.45) is 4.99 Å². The number of hydrogen-bond donors (Lipinski definition) is 1. The maximum absolute atomic E-state index is 5.21. The summed E-state index contributed by atoms with van der Waals surface area (Å²) < 4.78 is 2.32. The molecule has 0 bridgehead atoms. The number of piperidine rings is 2. The lowest BCUT2D eigenvalue weighted by Crippen LogP contribution is -2.54. The van der Waals surface area contributed by atoms with E-state index in [1.807, 2.05) is 6.07 Å². The number of fused-ring (bicyclic) bond motifs is 3. The first kappa shape index (κ1) is 31.3. The van der Waals surface area contributed by atoms with E-state index in [0.29, 0.717) is 5.54 Å². The molecule has 3 aromatic rings. The monoisotopic (exact) mass is 619 g/mol. The Morgan fingerprint density at radius 2 is 1.42 bits per heavy atom. The standard InChI is InChI=1S/C39H45N5.ClH/c1(11-23-39-24-12-15-27-43(39)28-16-13-25-39)2-14-26-40-34-30-38-36(29-35(34)41-31-17-5-3-6-18-31)42-33-21-9-10-22-37(33)44(38)32-19-7-4-8-20-32;/h3-10,17-22,29-30,41H,1-2,11-16,23-28H2;1H. The molecular weight excluding hydrogens is 574 g/mol. The Kier molecular flexibility index (Phi) is 10.2. The molecule has 0 aromatic heterocycles. The van der Waals surface area contributed by atoms with Gasteiger partial charge in [0.05, 0.1) is 33.5 Å². The highest BCUT2D eigenvalue weighted by molar-refractivity contribution is 5.85. The van der Waals surface area contributed by atoms with E-state index in [9.17, 15) is 0 Å². The number of hydrogen-bond acceptors (Lipinski definition) is 4. The Morgan fingerprint density at radius 1 is 0.733 bits per heavy atom. The highest BCUT2D eigenvalue weighted by atomic mass is 35.5. The van der Waals surface area contributed by atoms with E-state index in [4.69, 9.17) is 9.98 Å². The summed E-state index contributed by atoms with van der Waals surface area (Å²) in [6.45, 7) is 3.50. The molecule has 3 aliphatic heterocycles. The quantitative estimate of drug-likeness (QED) is 0.125. The smallest absolute Gasteiger partial charge is 0.0900 e. The first-order valence-electron chi connectivity index (χ1n) is 16.9. The van der Waals surface area contributed by atoms with Gasteiger partial charge >= 0.3 is 0 Å². The molecule has 6 heteroatoms. The Hall–Kier alpha value is -3.67. The van der Waals surface area contributed by atoms with Gasteiger partial charge in [0.25, 0.3) is 0 Å². The van der Waals surface area contributed by atoms with Crippen LogP contribution in [0.25, 0.3) is 28.1 Å². The topological polar surface area (TPSA) is 45.5 Å². The van der Waals surface area contributed by atoms with Gasteiger partial charge in [0.1, 0.15) is 0 Å². The molecule has 234 valence electrons. The third-order valence-electron chi connectivity index (χ3n) is 9.91. The molecule has 0 amide bonds. The van der Waals surface area contributed by atoms with Gasteiger partial charge in [-0.1, -0.05) is 80.6 Å². The van der Waals surface area contributed by atoms with Crippen LogP contribution in [0.2, 0.25) is 0 Å². The van der Waals surface area contributed by atoms with Crippen LogP contribution in [0.5, 0.6) is 0 Å². The van der Waals surface area contributed by atoms with E-state index in [2.05, 4.69) is 106 Å². The Balaban J connectivity index is 0.00000357. The van der Waals surface area contributed by atoms with Crippen LogP contribution in [0.3, 0.4) is 0 Å². The minimum absolute atomic E-state index is 0. The molecule has 0 saturated carbocycles. The molecule has 45 heavy (non-hydrogen) atoms. The summed E-state index contributed by atoms with van der Waals surface area (Å²) >= 11 is 0. The molecule has 7 rings (SSSR count). The molecule has 2 fully saturated rings. The van der Waals surface area contributed by atoms with Gasteiger partial charge < -0.3 is 9.88 Å². The largest absolute Gasteiger partial charge is 0.354 e. The Morgan fingerprint density at radius 3 is 2.20 bits per heavy atom. The number of benzene rings is 4. The number of unbranched alkanes of at least 4 members (excludes halogenated alkanes) is 3. The fourth-order valence-corrected chi connectivity index (χ4v) is 7.67. The van der Waals surface area contributed by atoms with Crippen LogP contribution in [0.1, 0.15) is 70.6 Å². The van der Waals surface area contributed by atoms with Crippen LogP contribution in [0, 0.1) is 0 Å². The number of aromatic nitrogens is 2. The van der Waals surface area contributed by atoms with Gasteiger partial charge in [0.15, 0.2) is 0 Å². The fraction of sp³-hybridized carbons (Fsp3) is 0.385. The van der Waals surface area contributed by atoms with E-state index in [0.717, 1.165) is 57.8 Å². The second kappa shape index (κ2) is 14.6. The van der Waals surface area contributed by atoms with Crippen molar-refractivity contribution in [3.8, 4) is 17.1 Å². The lowest BCUT2D eigenvalue weighted by atomic mass is 9.76. The van der Waals surface area contributed by atoms with Crippen molar-refractivity contribution in [1.82, 2.24) is 14.5 Å². The second-order valence-electron chi connectivity index (χ2n) is 12.8. The third-order valence-corrected chi connectivity index (χ3v) is 9.91. The van der Waals surface area contributed by atoms with Gasteiger partial charge in [-0.05, 0) is 100 Å². The van der Waals surface area contributed by atoms with E-state index < -0.39 is 0 Å². The number of para-hydroxylation sites is 4. The molecule has 1 aliphatic carbocycles. The number of anilines is 2. The molecule has 3 aromatic carbocycles. The normalized spacial score (nSPS) is 16.8. The summed E-state index contributed by atoms with van der Waals surface area (Å²) in [6, 6.07) is 33.8. The summed E-state index contributed by atoms with van der Waals surface area (Å²) in [5.74, 6) is 0. The third kappa shape index (κ3) is 6.95. The molecule has 0 unspecified atom stereocenters. The van der Waals surface area contributed by atoms with Crippen LogP contribution in [-0.4, -0.2) is 39.6 Å². The first-order valence-corrected chi connectivity index (χ1v) is 16.9. The van der Waals surface area contributed by atoms with E-state index >= 15 is 0 Å². The van der Waals surface area contributed by atoms with Gasteiger partial charge in [-0.15, -0.1) is 12.4 Å². The van der Waals surface area contributed by atoms with Crippen molar-refractivity contribution in [2.75, 3.05) is 25.0 Å². The van der Waals surface area contributed by atoms with Crippen molar-refractivity contribution in [2.45, 2.75) is 76.2 Å². The van der Waals surface area contributed by atoms with Crippen molar-refractivity contribution in [3.63, 3.8) is 0 Å². The summed E-state index contributed by atoms with van der Waals surface area (Å²) in [7, 11) is 0. The zero-order valence-electron chi connectivity index (χ0n) is 26.3. The average molecular weight is 620 g/mol. The van der Waals surface area contributed by atoms with Crippen LogP contribution in [0.4, 0.5) is 11.4 Å². The molecule has 0 spiro atoms. The van der Waals surface area contributed by atoms with Crippen LogP contribution in [0.15, 0.2) is 102 Å². The van der Waals surface area contributed by atoms with E-state index in [1.165, 1.54) is 77.3 Å². The van der Waals surface area contributed by atoms with Crippen LogP contribution >= 0.6 is 12.4 Å². The molecule has 4 aliphatic rings. The van der Waals surface area contributed by atoms with Gasteiger partial charge in [0, 0.05) is 23.5 Å². The number of halogens is 1. The minimum atomic E-state index is 0. The highest BCUT2D eigenvalue weighted by Gasteiger charge is 2.39. The zero-order valence-corrected chi connectivity index (χ0v) is 27.2. The fourth-order valence-electron chi connectivity index (χ4n) is 7.67. The van der Waals surface area contributed by atoms with Gasteiger partial charge in [-0.2, -0.15) is 0 Å². The summed E-state index contributed by atoms with van der Waals surface area (Å²) in [5.41, 5.74) is 7.78. The maximum atomic E-state index is 5.21.